The summed E-state index contributed by atoms with van der Waals surface area (Å²) in [7, 11) is 0. The fraction of sp³-hybridized carbons (Fsp3) is 0.600. The highest BCUT2D eigenvalue weighted by atomic mass is 19.1. The molecule has 1 N–H and O–H groups in total. The number of aliphatic hydroxyl groups is 1. The number of ether oxygens (including phenoxy) is 1. The molecule has 1 aromatic rings. The number of halogens is 1. The Kier molecular flexibility index (Phi) is 4.77. The molecule has 0 radical (unpaired) electrons. The van der Waals surface area contributed by atoms with Crippen molar-refractivity contribution in [2.75, 3.05) is 13.1 Å². The third-order valence-electron chi connectivity index (χ3n) is 3.69. The van der Waals surface area contributed by atoms with Crippen molar-refractivity contribution in [3.63, 3.8) is 0 Å². The summed E-state index contributed by atoms with van der Waals surface area (Å²) in [5, 5.41) is 10.1. The van der Waals surface area contributed by atoms with E-state index < -0.39 is 6.10 Å². The lowest BCUT2D eigenvalue weighted by Gasteiger charge is -2.24. The molecule has 2 rings (SSSR count). The van der Waals surface area contributed by atoms with Crippen LogP contribution in [0.5, 0.6) is 5.75 Å². The van der Waals surface area contributed by atoms with E-state index in [0.717, 1.165) is 13.1 Å². The molecule has 0 saturated carbocycles. The molecule has 0 amide bonds. The Morgan fingerprint density at radius 1 is 1.26 bits per heavy atom. The van der Waals surface area contributed by atoms with Gasteiger partial charge >= 0.3 is 0 Å². The van der Waals surface area contributed by atoms with Crippen LogP contribution >= 0.6 is 0 Å². The van der Waals surface area contributed by atoms with Crippen molar-refractivity contribution in [3.05, 3.63) is 30.1 Å². The van der Waals surface area contributed by atoms with E-state index in [0.29, 0.717) is 18.9 Å². The van der Waals surface area contributed by atoms with Gasteiger partial charge < -0.3 is 14.7 Å². The Hall–Kier alpha value is -1.13. The average molecular weight is 267 g/mol. The van der Waals surface area contributed by atoms with Crippen LogP contribution in [0.2, 0.25) is 0 Å². The maximum Gasteiger partial charge on any atom is 0.165 e. The van der Waals surface area contributed by atoms with E-state index in [1.54, 1.807) is 18.2 Å². The van der Waals surface area contributed by atoms with Gasteiger partial charge in [0.05, 0.1) is 6.10 Å². The molecule has 106 valence electrons. The summed E-state index contributed by atoms with van der Waals surface area (Å²) in [6, 6.07) is 6.81. The molecule has 1 saturated heterocycles. The number of para-hydroxylation sites is 1. The summed E-state index contributed by atoms with van der Waals surface area (Å²) < 4.78 is 19.2. The Labute approximate surface area is 114 Å². The molecule has 0 aliphatic carbocycles. The topological polar surface area (TPSA) is 32.7 Å². The predicted molar refractivity (Wildman–Crippen MR) is 72.8 cm³/mol. The highest BCUT2D eigenvalue weighted by molar-refractivity contribution is 5.24. The van der Waals surface area contributed by atoms with Gasteiger partial charge in [-0.05, 0) is 38.8 Å². The zero-order chi connectivity index (χ0) is 13.8. The van der Waals surface area contributed by atoms with Crippen molar-refractivity contribution in [2.24, 2.45) is 0 Å². The molecular formula is C15H22FNO2. The van der Waals surface area contributed by atoms with Crippen LogP contribution in [0.4, 0.5) is 4.39 Å². The van der Waals surface area contributed by atoms with E-state index in [1.807, 2.05) is 0 Å². The lowest BCUT2D eigenvalue weighted by Crippen LogP contribution is -2.32. The van der Waals surface area contributed by atoms with Crippen molar-refractivity contribution >= 4 is 0 Å². The van der Waals surface area contributed by atoms with E-state index in [4.69, 9.17) is 4.74 Å². The van der Waals surface area contributed by atoms with Gasteiger partial charge in [-0.25, -0.2) is 4.39 Å². The second-order valence-corrected chi connectivity index (χ2v) is 5.36. The van der Waals surface area contributed by atoms with Crippen molar-refractivity contribution in [3.8, 4) is 5.75 Å². The van der Waals surface area contributed by atoms with Crippen LogP contribution in [0.3, 0.4) is 0 Å². The molecular weight excluding hydrogens is 245 g/mol. The quantitative estimate of drug-likeness (QED) is 0.913. The first-order valence-corrected chi connectivity index (χ1v) is 6.91. The normalized spacial score (nSPS) is 25.3. The summed E-state index contributed by atoms with van der Waals surface area (Å²) >= 11 is 0. The average Bonchev–Trinajstić information content (AvgIpc) is 2.55. The highest BCUT2D eigenvalue weighted by Crippen LogP contribution is 2.22. The first-order chi connectivity index (χ1) is 9.08. The first-order valence-electron chi connectivity index (χ1n) is 6.91. The summed E-state index contributed by atoms with van der Waals surface area (Å²) in [4.78, 5) is 2.31. The van der Waals surface area contributed by atoms with E-state index in [1.165, 1.54) is 6.07 Å². The van der Waals surface area contributed by atoms with Crippen LogP contribution in [-0.4, -0.2) is 41.3 Å². The molecule has 1 aliphatic rings. The molecule has 19 heavy (non-hydrogen) atoms. The molecule has 4 heteroatoms. The minimum Gasteiger partial charge on any atom is -0.485 e. The molecule has 0 bridgehead atoms. The smallest absolute Gasteiger partial charge is 0.165 e. The summed E-state index contributed by atoms with van der Waals surface area (Å²) in [6.07, 6.45) is 0.509. The maximum absolute atomic E-state index is 13.6. The van der Waals surface area contributed by atoms with Gasteiger partial charge in [-0.1, -0.05) is 12.1 Å². The summed E-state index contributed by atoms with van der Waals surface area (Å²) in [5.74, 6) is -0.149. The van der Waals surface area contributed by atoms with Gasteiger partial charge in [0, 0.05) is 19.1 Å². The van der Waals surface area contributed by atoms with Gasteiger partial charge in [-0.2, -0.15) is 0 Å². The molecule has 2 atom stereocenters. The standard InChI is InChI=1S/C15H22FNO2/c1-11(2)17-9-7-13(18)15(8-10-17)19-14-6-4-3-5-12(14)16/h3-6,11,13,15,18H,7-10H2,1-2H3/t13-,15-/m0/s1. The van der Waals surface area contributed by atoms with Crippen molar-refractivity contribution in [1.82, 2.24) is 4.90 Å². The molecule has 0 spiro atoms. The SMILES string of the molecule is CC(C)N1CC[C@H](Oc2ccccc2F)[C@@H](O)CC1. The van der Waals surface area contributed by atoms with Crippen LogP contribution < -0.4 is 4.74 Å². The monoisotopic (exact) mass is 267 g/mol. The lowest BCUT2D eigenvalue weighted by atomic mass is 10.1. The largest absolute Gasteiger partial charge is 0.485 e. The predicted octanol–water partition coefficient (Wildman–Crippen LogP) is 2.44. The highest BCUT2D eigenvalue weighted by Gasteiger charge is 2.27. The van der Waals surface area contributed by atoms with Gasteiger partial charge in [-0.15, -0.1) is 0 Å². The Bertz CT molecular complexity index is 411. The Balaban J connectivity index is 2.02. The number of rotatable bonds is 3. The molecule has 1 heterocycles. The van der Waals surface area contributed by atoms with Crippen molar-refractivity contribution < 1.29 is 14.2 Å². The van der Waals surface area contributed by atoms with E-state index >= 15 is 0 Å². The van der Waals surface area contributed by atoms with Crippen LogP contribution in [0.15, 0.2) is 24.3 Å². The number of aliphatic hydroxyl groups excluding tert-OH is 1. The first kappa shape index (κ1) is 14.3. The summed E-state index contributed by atoms with van der Waals surface area (Å²) in [6.45, 7) is 6.01. The van der Waals surface area contributed by atoms with Crippen LogP contribution in [0.25, 0.3) is 0 Å². The Morgan fingerprint density at radius 2 is 1.95 bits per heavy atom. The maximum atomic E-state index is 13.6. The third kappa shape index (κ3) is 3.67. The zero-order valence-corrected chi connectivity index (χ0v) is 11.6. The van der Waals surface area contributed by atoms with Gasteiger partial charge in [0.2, 0.25) is 0 Å². The van der Waals surface area contributed by atoms with E-state index in [-0.39, 0.29) is 17.7 Å². The second kappa shape index (κ2) is 6.35. The van der Waals surface area contributed by atoms with Crippen LogP contribution in [0.1, 0.15) is 26.7 Å². The van der Waals surface area contributed by atoms with Crippen molar-refractivity contribution in [1.29, 1.82) is 0 Å². The van der Waals surface area contributed by atoms with Gasteiger partial charge in [-0.3, -0.25) is 0 Å². The molecule has 3 nitrogen and oxygen atoms in total. The minimum atomic E-state index is -0.539. The van der Waals surface area contributed by atoms with E-state index in [9.17, 15) is 9.50 Å². The lowest BCUT2D eigenvalue weighted by molar-refractivity contribution is 0.0328. The molecule has 1 aromatic carbocycles. The van der Waals surface area contributed by atoms with Gasteiger partial charge in [0.25, 0.3) is 0 Å². The number of hydrogen-bond acceptors (Lipinski definition) is 3. The van der Waals surface area contributed by atoms with Crippen LogP contribution in [-0.2, 0) is 0 Å². The van der Waals surface area contributed by atoms with Crippen molar-refractivity contribution in [2.45, 2.75) is 44.9 Å². The minimum absolute atomic E-state index is 0.226. The molecule has 1 fully saturated rings. The number of hydrogen-bond donors (Lipinski definition) is 1. The zero-order valence-electron chi connectivity index (χ0n) is 11.6. The summed E-state index contributed by atoms with van der Waals surface area (Å²) in [5.41, 5.74) is 0. The van der Waals surface area contributed by atoms with Crippen LogP contribution in [0, 0.1) is 5.82 Å². The van der Waals surface area contributed by atoms with Gasteiger partial charge in [0.1, 0.15) is 6.10 Å². The van der Waals surface area contributed by atoms with E-state index in [2.05, 4.69) is 18.7 Å². The fourth-order valence-corrected chi connectivity index (χ4v) is 2.44. The number of likely N-dealkylation sites (tertiary alicyclic amines) is 1. The molecule has 0 unspecified atom stereocenters. The molecule has 1 aliphatic heterocycles. The second-order valence-electron chi connectivity index (χ2n) is 5.36. The molecule has 0 aromatic heterocycles. The number of benzene rings is 1. The third-order valence-corrected chi connectivity index (χ3v) is 3.69. The fourth-order valence-electron chi connectivity index (χ4n) is 2.44. The Morgan fingerprint density at radius 3 is 2.63 bits per heavy atom. The van der Waals surface area contributed by atoms with Gasteiger partial charge in [0.15, 0.2) is 11.6 Å². The number of nitrogens with zero attached hydrogens (tertiary/aromatic N) is 1.